The van der Waals surface area contributed by atoms with Crippen molar-refractivity contribution in [3.05, 3.63) is 22.7 Å². The Balaban J connectivity index is 2.20. The Morgan fingerprint density at radius 1 is 1.06 bits per heavy atom. The lowest BCUT2D eigenvalue weighted by atomic mass is 10.0. The van der Waals surface area contributed by atoms with Crippen LogP contribution in [0.25, 0.3) is 0 Å². The highest BCUT2D eigenvalue weighted by molar-refractivity contribution is 8.00. The van der Waals surface area contributed by atoms with Gasteiger partial charge in [-0.2, -0.15) is 4.98 Å². The smallest absolute Gasteiger partial charge is 0.350 e. The maximum atomic E-state index is 12.4. The molecular weight excluding hydrogens is 442 g/mol. The Kier molecular flexibility index (Phi) is 8.01. The van der Waals surface area contributed by atoms with Gasteiger partial charge in [-0.15, -0.1) is 11.8 Å². The van der Waals surface area contributed by atoms with Gasteiger partial charge in [0, 0.05) is 24.7 Å². The molecule has 9 heteroatoms. The van der Waals surface area contributed by atoms with Crippen LogP contribution in [-0.2, 0) is 8.85 Å². The first kappa shape index (κ1) is 26.6. The third-order valence-corrected chi connectivity index (χ3v) is 18.0. The minimum Gasteiger partial charge on any atom is -0.417 e. The molecule has 1 aromatic heterocycles. The largest absolute Gasteiger partial charge is 0.417 e. The second-order valence-electron chi connectivity index (χ2n) is 11.8. The normalized spacial score (nSPS) is 23.4. The average Bonchev–Trinajstić information content (AvgIpc) is 2.99. The molecular formula is C22H43N3O3SSi2. The van der Waals surface area contributed by atoms with E-state index in [0.29, 0.717) is 19.1 Å². The molecule has 1 fully saturated rings. The number of rotatable bonds is 7. The fraction of sp³-hybridized carbons (Fsp3) is 0.818. The van der Waals surface area contributed by atoms with E-state index in [-0.39, 0.29) is 32.2 Å². The van der Waals surface area contributed by atoms with E-state index in [1.54, 1.807) is 16.8 Å². The van der Waals surface area contributed by atoms with Gasteiger partial charge in [-0.3, -0.25) is 4.57 Å². The topological polar surface area (TPSA) is 79.4 Å². The standard InChI is InChI=1S/C22H43N3O3SSi2/c1-21(2,3)30(7,8)27-14-16-13-19(25-12-11-18(23)24-20(25)26)29-17(16)15-28-31(9,10)22(4,5)6/h11-12,16-17,19H,13-15H2,1-10H3,(H2,23,24,26)/t16-,17-,19?/m1/s1. The molecule has 0 radical (unpaired) electrons. The van der Waals surface area contributed by atoms with Gasteiger partial charge in [0.15, 0.2) is 16.6 Å². The Labute approximate surface area is 195 Å². The molecule has 0 saturated carbocycles. The molecule has 31 heavy (non-hydrogen) atoms. The van der Waals surface area contributed by atoms with E-state index < -0.39 is 16.6 Å². The number of thioether (sulfide) groups is 1. The summed E-state index contributed by atoms with van der Waals surface area (Å²) in [6.07, 6.45) is 2.64. The number of aromatic nitrogens is 2. The molecule has 1 unspecified atom stereocenters. The first-order valence-electron chi connectivity index (χ1n) is 11.2. The predicted octanol–water partition coefficient (Wildman–Crippen LogP) is 5.49. The molecule has 0 amide bonds. The molecule has 1 aromatic rings. The van der Waals surface area contributed by atoms with Crippen LogP contribution in [-0.4, -0.2) is 44.6 Å². The van der Waals surface area contributed by atoms with Crippen molar-refractivity contribution in [2.45, 2.75) is 94.9 Å². The zero-order valence-electron chi connectivity index (χ0n) is 21.1. The number of nitrogens with two attached hydrogens (primary N) is 1. The highest BCUT2D eigenvalue weighted by Crippen LogP contribution is 2.47. The summed E-state index contributed by atoms with van der Waals surface area (Å²) in [4.78, 5) is 16.4. The van der Waals surface area contributed by atoms with Crippen LogP contribution >= 0.6 is 11.8 Å². The summed E-state index contributed by atoms with van der Waals surface area (Å²) in [7, 11) is -3.70. The van der Waals surface area contributed by atoms with Crippen LogP contribution in [0.5, 0.6) is 0 Å². The van der Waals surface area contributed by atoms with Gasteiger partial charge < -0.3 is 14.6 Å². The monoisotopic (exact) mass is 485 g/mol. The van der Waals surface area contributed by atoms with E-state index in [9.17, 15) is 4.79 Å². The summed E-state index contributed by atoms with van der Waals surface area (Å²) in [5.41, 5.74) is 5.41. The van der Waals surface area contributed by atoms with E-state index in [0.717, 1.165) is 6.42 Å². The van der Waals surface area contributed by atoms with Gasteiger partial charge in [-0.05, 0) is 54.7 Å². The molecule has 2 rings (SSSR count). The van der Waals surface area contributed by atoms with Crippen molar-refractivity contribution in [1.29, 1.82) is 0 Å². The Hall–Kier alpha value is -0.616. The molecule has 1 aliphatic heterocycles. The molecule has 6 nitrogen and oxygen atoms in total. The molecule has 1 aliphatic rings. The van der Waals surface area contributed by atoms with E-state index in [1.165, 1.54) is 0 Å². The minimum absolute atomic E-state index is 0.0293. The highest BCUT2D eigenvalue weighted by atomic mass is 32.2. The van der Waals surface area contributed by atoms with Crippen molar-refractivity contribution in [3.8, 4) is 0 Å². The SMILES string of the molecule is CC(C)(C)[Si](C)(C)OC[C@H]1CC(n2ccc(N)nc2=O)S[C@@H]1CO[Si](C)(C)C(C)(C)C. The Bertz CT molecular complexity index is 777. The first-order valence-corrected chi connectivity index (χ1v) is 18.0. The van der Waals surface area contributed by atoms with Crippen LogP contribution in [0.15, 0.2) is 17.1 Å². The summed E-state index contributed by atoms with van der Waals surface area (Å²) >= 11 is 1.82. The summed E-state index contributed by atoms with van der Waals surface area (Å²) in [5.74, 6) is 0.596. The molecule has 2 N–H and O–H groups in total. The van der Waals surface area contributed by atoms with Gasteiger partial charge in [0.1, 0.15) is 5.82 Å². The molecule has 178 valence electrons. The van der Waals surface area contributed by atoms with Gasteiger partial charge in [0.05, 0.1) is 5.37 Å². The number of nitrogens with zero attached hydrogens (tertiary/aromatic N) is 2. The van der Waals surface area contributed by atoms with Gasteiger partial charge in [0.25, 0.3) is 0 Å². The van der Waals surface area contributed by atoms with Gasteiger partial charge >= 0.3 is 5.69 Å². The zero-order valence-corrected chi connectivity index (χ0v) is 23.9. The number of anilines is 1. The minimum atomic E-state index is -1.85. The average molecular weight is 486 g/mol. The predicted molar refractivity (Wildman–Crippen MR) is 138 cm³/mol. The van der Waals surface area contributed by atoms with Crippen molar-refractivity contribution in [2.75, 3.05) is 18.9 Å². The molecule has 3 atom stereocenters. The lowest BCUT2D eigenvalue weighted by molar-refractivity contribution is 0.191. The van der Waals surface area contributed by atoms with Crippen molar-refractivity contribution in [1.82, 2.24) is 9.55 Å². The van der Waals surface area contributed by atoms with Crippen molar-refractivity contribution in [2.24, 2.45) is 5.92 Å². The van der Waals surface area contributed by atoms with Crippen LogP contribution in [0.2, 0.25) is 36.3 Å². The fourth-order valence-corrected chi connectivity index (χ4v) is 6.82. The molecule has 2 heterocycles. The molecule has 0 spiro atoms. The second kappa shape index (κ2) is 9.33. The van der Waals surface area contributed by atoms with Crippen molar-refractivity contribution in [3.63, 3.8) is 0 Å². The van der Waals surface area contributed by atoms with Crippen LogP contribution < -0.4 is 11.4 Å². The molecule has 0 aliphatic carbocycles. The fourth-order valence-electron chi connectivity index (χ4n) is 2.99. The maximum Gasteiger partial charge on any atom is 0.350 e. The first-order chi connectivity index (χ1) is 13.9. The maximum absolute atomic E-state index is 12.4. The van der Waals surface area contributed by atoms with Gasteiger partial charge in [-0.25, -0.2) is 4.79 Å². The lowest BCUT2D eigenvalue weighted by Gasteiger charge is -2.39. The van der Waals surface area contributed by atoms with E-state index in [2.05, 4.69) is 72.7 Å². The van der Waals surface area contributed by atoms with E-state index in [1.807, 2.05) is 11.8 Å². The van der Waals surface area contributed by atoms with Gasteiger partial charge in [0.2, 0.25) is 0 Å². The highest BCUT2D eigenvalue weighted by Gasteiger charge is 2.43. The summed E-state index contributed by atoms with van der Waals surface area (Å²) < 4.78 is 14.9. The van der Waals surface area contributed by atoms with Crippen molar-refractivity contribution >= 4 is 34.2 Å². The number of hydrogen-bond donors (Lipinski definition) is 1. The van der Waals surface area contributed by atoms with E-state index >= 15 is 0 Å². The Morgan fingerprint density at radius 3 is 2.06 bits per heavy atom. The van der Waals surface area contributed by atoms with Gasteiger partial charge in [-0.1, -0.05) is 41.5 Å². The summed E-state index contributed by atoms with van der Waals surface area (Å²) in [6.45, 7) is 24.2. The molecule has 1 saturated heterocycles. The summed E-state index contributed by atoms with van der Waals surface area (Å²) in [6, 6.07) is 1.70. The quantitative estimate of drug-likeness (QED) is 0.514. The van der Waals surface area contributed by atoms with Crippen LogP contribution in [0.4, 0.5) is 5.82 Å². The van der Waals surface area contributed by atoms with Crippen LogP contribution in [0, 0.1) is 5.92 Å². The third-order valence-electron chi connectivity index (χ3n) is 7.40. The third kappa shape index (κ3) is 6.46. The van der Waals surface area contributed by atoms with Crippen LogP contribution in [0.3, 0.4) is 0 Å². The van der Waals surface area contributed by atoms with Crippen LogP contribution in [0.1, 0.15) is 53.3 Å². The summed E-state index contributed by atoms with van der Waals surface area (Å²) in [5, 5.41) is 0.652. The molecule has 0 bridgehead atoms. The lowest BCUT2D eigenvalue weighted by Crippen LogP contribution is -2.44. The zero-order chi connectivity index (χ0) is 23.8. The van der Waals surface area contributed by atoms with E-state index in [4.69, 9.17) is 14.6 Å². The second-order valence-corrected chi connectivity index (χ2v) is 22.9. The van der Waals surface area contributed by atoms with Crippen molar-refractivity contribution < 1.29 is 8.85 Å². The number of nitrogen functional groups attached to an aromatic ring is 1. The Morgan fingerprint density at radius 2 is 1.58 bits per heavy atom. The molecule has 0 aromatic carbocycles. The number of hydrogen-bond acceptors (Lipinski definition) is 6.